The number of carbonyl (C=O) groups is 2. The van der Waals surface area contributed by atoms with E-state index < -0.39 is 11.8 Å². The minimum absolute atomic E-state index is 0.105. The van der Waals surface area contributed by atoms with Gasteiger partial charge in [-0.3, -0.25) is 5.32 Å². The molecule has 21 heavy (non-hydrogen) atoms. The Morgan fingerprint density at radius 3 is 2.86 bits per heavy atom. The van der Waals surface area contributed by atoms with Gasteiger partial charge in [0.1, 0.15) is 5.00 Å². The van der Waals surface area contributed by atoms with Gasteiger partial charge in [-0.05, 0) is 17.9 Å². The Balaban J connectivity index is 1.67. The number of thiophene rings is 1. The number of hydrogen-bond acceptors (Lipinski definition) is 5. The van der Waals surface area contributed by atoms with Crippen molar-refractivity contribution in [3.05, 3.63) is 17.0 Å². The van der Waals surface area contributed by atoms with E-state index in [1.54, 1.807) is 10.3 Å². The molecular formula is C13H16N2O5S. The summed E-state index contributed by atoms with van der Waals surface area (Å²) in [6.45, 7) is 2.06. The normalized spacial score (nSPS) is 20.7. The lowest BCUT2D eigenvalue weighted by molar-refractivity contribution is -0.182. The highest BCUT2D eigenvalue weighted by molar-refractivity contribution is 7.14. The second-order valence-electron chi connectivity index (χ2n) is 5.03. The van der Waals surface area contributed by atoms with Crippen LogP contribution in [0.25, 0.3) is 0 Å². The smallest absolute Gasteiger partial charge is 0.338 e. The molecule has 114 valence electrons. The number of piperidine rings is 1. The summed E-state index contributed by atoms with van der Waals surface area (Å²) in [5.74, 6) is -1.73. The number of carboxylic acids is 1. The molecule has 3 rings (SSSR count). The van der Waals surface area contributed by atoms with Crippen LogP contribution in [0.1, 0.15) is 23.2 Å². The Bertz CT molecular complexity index is 553. The summed E-state index contributed by atoms with van der Waals surface area (Å²) < 4.78 is 11.2. The van der Waals surface area contributed by atoms with Gasteiger partial charge < -0.3 is 19.5 Å². The molecule has 2 aliphatic heterocycles. The number of amides is 2. The van der Waals surface area contributed by atoms with Crippen molar-refractivity contribution in [2.45, 2.75) is 18.6 Å². The average molecular weight is 312 g/mol. The molecule has 0 atom stereocenters. The van der Waals surface area contributed by atoms with Gasteiger partial charge in [-0.1, -0.05) is 0 Å². The molecule has 2 saturated heterocycles. The summed E-state index contributed by atoms with van der Waals surface area (Å²) in [7, 11) is 0. The molecule has 3 heterocycles. The van der Waals surface area contributed by atoms with Gasteiger partial charge in [0.25, 0.3) is 0 Å². The Morgan fingerprint density at radius 1 is 1.38 bits per heavy atom. The Hall–Kier alpha value is -1.64. The van der Waals surface area contributed by atoms with Crippen molar-refractivity contribution >= 4 is 28.3 Å². The number of hydrogen-bond donors (Lipinski definition) is 2. The maximum Gasteiger partial charge on any atom is 0.338 e. The van der Waals surface area contributed by atoms with Gasteiger partial charge in [0.05, 0.1) is 25.3 Å². The van der Waals surface area contributed by atoms with Crippen molar-refractivity contribution in [2.75, 3.05) is 31.6 Å². The van der Waals surface area contributed by atoms with Crippen LogP contribution in [0.3, 0.4) is 0 Å². The molecule has 0 saturated carbocycles. The summed E-state index contributed by atoms with van der Waals surface area (Å²) in [5, 5.41) is 13.7. The van der Waals surface area contributed by atoms with E-state index in [4.69, 9.17) is 14.6 Å². The van der Waals surface area contributed by atoms with E-state index >= 15 is 0 Å². The first-order valence-corrected chi connectivity index (χ1v) is 7.62. The third-order valence-corrected chi connectivity index (χ3v) is 4.46. The maximum absolute atomic E-state index is 12.3. The number of anilines is 1. The Labute approximate surface area is 125 Å². The number of aromatic carboxylic acids is 1. The summed E-state index contributed by atoms with van der Waals surface area (Å²) in [4.78, 5) is 25.0. The van der Waals surface area contributed by atoms with Crippen molar-refractivity contribution < 1.29 is 24.2 Å². The number of rotatable bonds is 2. The third-order valence-electron chi connectivity index (χ3n) is 3.63. The Kier molecular flexibility index (Phi) is 3.83. The van der Waals surface area contributed by atoms with Crippen molar-refractivity contribution in [1.29, 1.82) is 0 Å². The zero-order chi connectivity index (χ0) is 14.9. The van der Waals surface area contributed by atoms with E-state index in [0.29, 0.717) is 31.3 Å². The molecule has 2 amide bonds. The Morgan fingerprint density at radius 2 is 2.14 bits per heavy atom. The van der Waals surface area contributed by atoms with Crippen molar-refractivity contribution in [3.8, 4) is 0 Å². The number of ether oxygens (including phenoxy) is 2. The SMILES string of the molecule is O=C(O)c1ccsc1NC(=O)N1CCCC2(C1)OCCO2. The van der Waals surface area contributed by atoms with Gasteiger partial charge in [0, 0.05) is 13.0 Å². The summed E-state index contributed by atoms with van der Waals surface area (Å²) >= 11 is 1.19. The van der Waals surface area contributed by atoms with Gasteiger partial charge in [-0.15, -0.1) is 11.3 Å². The number of carbonyl (C=O) groups excluding carboxylic acids is 1. The number of nitrogens with one attached hydrogen (secondary N) is 1. The fraction of sp³-hybridized carbons (Fsp3) is 0.538. The standard InChI is InChI=1S/C13H16N2O5S/c16-11(17)9-2-7-21-10(9)14-12(18)15-4-1-3-13(8-15)19-5-6-20-13/h2,7H,1,3-6,8H2,(H,14,18)(H,16,17). The second-order valence-corrected chi connectivity index (χ2v) is 5.95. The fourth-order valence-electron chi connectivity index (χ4n) is 2.64. The van der Waals surface area contributed by atoms with E-state index in [1.807, 2.05) is 0 Å². The molecule has 1 aromatic heterocycles. The first-order chi connectivity index (χ1) is 10.1. The van der Waals surface area contributed by atoms with E-state index in [-0.39, 0.29) is 11.6 Å². The van der Waals surface area contributed by atoms with Crippen LogP contribution in [0.2, 0.25) is 0 Å². The highest BCUT2D eigenvalue weighted by Gasteiger charge is 2.42. The minimum atomic E-state index is -1.05. The number of carboxylic acid groups (broad SMARTS) is 1. The van der Waals surface area contributed by atoms with E-state index in [1.165, 1.54) is 17.4 Å². The number of urea groups is 1. The second kappa shape index (κ2) is 5.63. The first-order valence-electron chi connectivity index (χ1n) is 6.74. The molecule has 2 fully saturated rings. The molecule has 1 aromatic rings. The molecule has 0 aliphatic carbocycles. The topological polar surface area (TPSA) is 88.1 Å². The van der Waals surface area contributed by atoms with Crippen LogP contribution in [0.4, 0.5) is 9.80 Å². The van der Waals surface area contributed by atoms with E-state index in [9.17, 15) is 9.59 Å². The van der Waals surface area contributed by atoms with Crippen LogP contribution < -0.4 is 5.32 Å². The number of nitrogens with zero attached hydrogens (tertiary/aromatic N) is 1. The quantitative estimate of drug-likeness (QED) is 0.869. The van der Waals surface area contributed by atoms with Crippen LogP contribution in [0.5, 0.6) is 0 Å². The minimum Gasteiger partial charge on any atom is -0.478 e. The summed E-state index contributed by atoms with van der Waals surface area (Å²) in [5.41, 5.74) is 0.105. The van der Waals surface area contributed by atoms with Crippen molar-refractivity contribution in [2.24, 2.45) is 0 Å². The number of likely N-dealkylation sites (tertiary alicyclic amines) is 1. The predicted octanol–water partition coefficient (Wildman–Crippen LogP) is 1.82. The lowest BCUT2D eigenvalue weighted by Crippen LogP contribution is -2.52. The van der Waals surface area contributed by atoms with Crippen LogP contribution in [0.15, 0.2) is 11.4 Å². The van der Waals surface area contributed by atoms with Crippen LogP contribution in [-0.4, -0.2) is 54.1 Å². The first kappa shape index (κ1) is 14.3. The zero-order valence-corrected chi connectivity index (χ0v) is 12.1. The molecule has 0 radical (unpaired) electrons. The molecule has 7 nitrogen and oxygen atoms in total. The molecular weight excluding hydrogens is 296 g/mol. The van der Waals surface area contributed by atoms with Gasteiger partial charge in [0.15, 0.2) is 5.79 Å². The van der Waals surface area contributed by atoms with Crippen LogP contribution >= 0.6 is 11.3 Å². The molecule has 0 aromatic carbocycles. The summed E-state index contributed by atoms with van der Waals surface area (Å²) in [6, 6.07) is 1.15. The van der Waals surface area contributed by atoms with Gasteiger partial charge >= 0.3 is 12.0 Å². The maximum atomic E-state index is 12.3. The molecule has 0 unspecified atom stereocenters. The van der Waals surface area contributed by atoms with Crippen molar-refractivity contribution in [3.63, 3.8) is 0 Å². The highest BCUT2D eigenvalue weighted by Crippen LogP contribution is 2.31. The van der Waals surface area contributed by atoms with Crippen LogP contribution in [0, 0.1) is 0 Å². The molecule has 0 bridgehead atoms. The third kappa shape index (κ3) is 2.87. The van der Waals surface area contributed by atoms with Crippen LogP contribution in [-0.2, 0) is 9.47 Å². The van der Waals surface area contributed by atoms with Crippen molar-refractivity contribution in [1.82, 2.24) is 4.90 Å². The van der Waals surface area contributed by atoms with Gasteiger partial charge in [0.2, 0.25) is 0 Å². The zero-order valence-electron chi connectivity index (χ0n) is 11.3. The molecule has 2 aliphatic rings. The van der Waals surface area contributed by atoms with Gasteiger partial charge in [-0.25, -0.2) is 9.59 Å². The summed E-state index contributed by atoms with van der Waals surface area (Å²) in [6.07, 6.45) is 1.57. The highest BCUT2D eigenvalue weighted by atomic mass is 32.1. The van der Waals surface area contributed by atoms with Gasteiger partial charge in [-0.2, -0.15) is 0 Å². The largest absolute Gasteiger partial charge is 0.478 e. The molecule has 2 N–H and O–H groups in total. The molecule has 1 spiro atoms. The lowest BCUT2D eigenvalue weighted by Gasteiger charge is -2.38. The van der Waals surface area contributed by atoms with E-state index in [2.05, 4.69) is 5.32 Å². The lowest BCUT2D eigenvalue weighted by atomic mass is 10.1. The van der Waals surface area contributed by atoms with E-state index in [0.717, 1.165) is 12.8 Å². The molecule has 8 heteroatoms. The fourth-order valence-corrected chi connectivity index (χ4v) is 3.41. The predicted molar refractivity (Wildman–Crippen MR) is 75.7 cm³/mol. The average Bonchev–Trinajstić information content (AvgIpc) is 3.09. The monoisotopic (exact) mass is 312 g/mol.